The number of ether oxygens (including phenoxy) is 1. The molecule has 3 rings (SSSR count). The lowest BCUT2D eigenvalue weighted by Crippen LogP contribution is -2.33. The molecule has 0 atom stereocenters. The van der Waals surface area contributed by atoms with Crippen LogP contribution in [0.5, 0.6) is 0 Å². The molecule has 1 amide bonds. The molecule has 180 valence electrons. The van der Waals surface area contributed by atoms with E-state index in [1.807, 2.05) is 0 Å². The van der Waals surface area contributed by atoms with Crippen LogP contribution in [0.4, 0.5) is 9.18 Å². The SMILES string of the molecule is CC(=O)c1cccc(S(=O)(=O)n2cc(CN(C)C(=O)OC(C)(C)C)cc2-c2cccnc2F)c1. The Morgan fingerprint density at radius 3 is 2.47 bits per heavy atom. The number of halogens is 1. The molecule has 3 aromatic rings. The lowest BCUT2D eigenvalue weighted by atomic mass is 10.2. The predicted octanol–water partition coefficient (Wildman–Crippen LogP) is 4.50. The van der Waals surface area contributed by atoms with Gasteiger partial charge < -0.3 is 9.64 Å². The first-order valence-corrected chi connectivity index (χ1v) is 11.9. The number of amides is 1. The summed E-state index contributed by atoms with van der Waals surface area (Å²) in [6.45, 7) is 6.56. The smallest absolute Gasteiger partial charge is 0.410 e. The largest absolute Gasteiger partial charge is 0.444 e. The highest BCUT2D eigenvalue weighted by atomic mass is 32.2. The zero-order valence-corrected chi connectivity index (χ0v) is 20.4. The van der Waals surface area contributed by atoms with Gasteiger partial charge in [-0.05, 0) is 63.6 Å². The summed E-state index contributed by atoms with van der Waals surface area (Å²) in [5, 5.41) is 0. The van der Waals surface area contributed by atoms with Crippen LogP contribution in [0.25, 0.3) is 11.3 Å². The van der Waals surface area contributed by atoms with Crippen molar-refractivity contribution in [3.8, 4) is 11.3 Å². The Bertz CT molecular complexity index is 1340. The maximum Gasteiger partial charge on any atom is 0.410 e. The van der Waals surface area contributed by atoms with Crippen molar-refractivity contribution in [3.05, 3.63) is 71.9 Å². The van der Waals surface area contributed by atoms with Gasteiger partial charge in [0.1, 0.15) is 5.60 Å². The second kappa shape index (κ2) is 9.38. The van der Waals surface area contributed by atoms with Gasteiger partial charge in [-0.3, -0.25) is 4.79 Å². The fraction of sp³-hybridized carbons (Fsp3) is 0.292. The molecule has 2 heterocycles. The molecule has 0 unspecified atom stereocenters. The molecular formula is C24H26FN3O5S. The highest BCUT2D eigenvalue weighted by molar-refractivity contribution is 7.90. The summed E-state index contributed by atoms with van der Waals surface area (Å²) in [6.07, 6.45) is 1.98. The summed E-state index contributed by atoms with van der Waals surface area (Å²) in [5.41, 5.74) is -0.0386. The van der Waals surface area contributed by atoms with Crippen molar-refractivity contribution in [3.63, 3.8) is 0 Å². The Labute approximate surface area is 198 Å². The molecule has 0 aliphatic heterocycles. The van der Waals surface area contributed by atoms with Gasteiger partial charge >= 0.3 is 6.09 Å². The van der Waals surface area contributed by atoms with Gasteiger partial charge in [0.25, 0.3) is 10.0 Å². The third-order valence-corrected chi connectivity index (χ3v) is 6.47. The fourth-order valence-corrected chi connectivity index (χ4v) is 4.66. The summed E-state index contributed by atoms with van der Waals surface area (Å²) < 4.78 is 47.9. The van der Waals surface area contributed by atoms with Gasteiger partial charge in [0.15, 0.2) is 5.78 Å². The van der Waals surface area contributed by atoms with Gasteiger partial charge in [-0.2, -0.15) is 4.39 Å². The zero-order valence-electron chi connectivity index (χ0n) is 19.6. The number of carbonyl (C=O) groups is 2. The van der Waals surface area contributed by atoms with Crippen molar-refractivity contribution >= 4 is 21.9 Å². The molecule has 10 heteroatoms. The molecule has 0 fully saturated rings. The summed E-state index contributed by atoms with van der Waals surface area (Å²) >= 11 is 0. The van der Waals surface area contributed by atoms with Gasteiger partial charge in [0, 0.05) is 25.0 Å². The monoisotopic (exact) mass is 487 g/mol. The number of ketones is 1. The summed E-state index contributed by atoms with van der Waals surface area (Å²) in [7, 11) is -2.70. The van der Waals surface area contributed by atoms with Gasteiger partial charge in [-0.15, -0.1) is 0 Å². The number of benzene rings is 1. The average molecular weight is 488 g/mol. The van der Waals surface area contributed by atoms with E-state index < -0.39 is 27.7 Å². The van der Waals surface area contributed by atoms with E-state index in [1.54, 1.807) is 20.8 Å². The molecule has 0 N–H and O–H groups in total. The highest BCUT2D eigenvalue weighted by Gasteiger charge is 2.26. The molecular weight excluding hydrogens is 461 g/mol. The molecule has 0 bridgehead atoms. The van der Waals surface area contributed by atoms with Crippen molar-refractivity contribution in [2.75, 3.05) is 7.05 Å². The van der Waals surface area contributed by atoms with Crippen LogP contribution in [-0.4, -0.2) is 46.8 Å². The van der Waals surface area contributed by atoms with E-state index in [0.29, 0.717) is 5.56 Å². The maximum atomic E-state index is 14.6. The van der Waals surface area contributed by atoms with E-state index in [2.05, 4.69) is 4.98 Å². The summed E-state index contributed by atoms with van der Waals surface area (Å²) in [6, 6.07) is 10.00. The first-order chi connectivity index (χ1) is 15.8. The topological polar surface area (TPSA) is 98.6 Å². The minimum absolute atomic E-state index is 0.0137. The molecule has 1 aromatic carbocycles. The first-order valence-electron chi connectivity index (χ1n) is 10.4. The van der Waals surface area contributed by atoms with E-state index in [-0.39, 0.29) is 34.0 Å². The molecule has 8 nitrogen and oxygen atoms in total. The summed E-state index contributed by atoms with van der Waals surface area (Å²) in [4.78, 5) is 28.9. The lowest BCUT2D eigenvalue weighted by Gasteiger charge is -2.24. The molecule has 2 aromatic heterocycles. The van der Waals surface area contributed by atoms with Crippen LogP contribution >= 0.6 is 0 Å². The Kier molecular flexibility index (Phi) is 6.92. The van der Waals surface area contributed by atoms with Crippen molar-refractivity contribution in [1.29, 1.82) is 0 Å². The van der Waals surface area contributed by atoms with Crippen LogP contribution in [0.1, 0.15) is 43.6 Å². The second-order valence-electron chi connectivity index (χ2n) is 8.80. The van der Waals surface area contributed by atoms with Gasteiger partial charge in [0.2, 0.25) is 5.95 Å². The van der Waals surface area contributed by atoms with Crippen LogP contribution < -0.4 is 0 Å². The van der Waals surface area contributed by atoms with E-state index in [0.717, 1.165) is 3.97 Å². The van der Waals surface area contributed by atoms with Crippen molar-refractivity contribution < 1.29 is 27.1 Å². The van der Waals surface area contributed by atoms with Gasteiger partial charge in [-0.1, -0.05) is 12.1 Å². The lowest BCUT2D eigenvalue weighted by molar-refractivity contribution is 0.0285. The van der Waals surface area contributed by atoms with Crippen LogP contribution in [-0.2, 0) is 21.3 Å². The number of rotatable bonds is 6. The molecule has 0 spiro atoms. The van der Waals surface area contributed by atoms with E-state index in [9.17, 15) is 22.4 Å². The number of Topliss-reactive ketones (excluding diaryl/α,β-unsaturated/α-hetero) is 1. The van der Waals surface area contributed by atoms with Crippen molar-refractivity contribution in [2.24, 2.45) is 0 Å². The Hall–Kier alpha value is -3.53. The second-order valence-corrected chi connectivity index (χ2v) is 10.6. The fourth-order valence-electron chi connectivity index (χ4n) is 3.22. The minimum atomic E-state index is -4.22. The molecule has 0 radical (unpaired) electrons. The average Bonchev–Trinajstić information content (AvgIpc) is 3.17. The number of hydrogen-bond donors (Lipinski definition) is 0. The van der Waals surface area contributed by atoms with Crippen LogP contribution in [0.3, 0.4) is 0 Å². The Morgan fingerprint density at radius 1 is 1.15 bits per heavy atom. The standard InChI is InChI=1S/C24H26FN3O5S/c1-16(29)18-8-6-9-19(13-18)34(31,32)28-15-17(14-27(5)23(30)33-24(2,3)4)12-21(28)20-10-7-11-26-22(20)25/h6-13,15H,14H2,1-5H3. The molecule has 0 saturated carbocycles. The van der Waals surface area contributed by atoms with Crippen LogP contribution in [0, 0.1) is 5.95 Å². The van der Waals surface area contributed by atoms with Gasteiger partial charge in [0.05, 0.1) is 22.7 Å². The van der Waals surface area contributed by atoms with Crippen LogP contribution in [0.2, 0.25) is 0 Å². The zero-order chi connectivity index (χ0) is 25.3. The maximum absolute atomic E-state index is 14.6. The Balaban J connectivity index is 2.10. The molecule has 0 aliphatic carbocycles. The van der Waals surface area contributed by atoms with Gasteiger partial charge in [-0.25, -0.2) is 22.2 Å². The minimum Gasteiger partial charge on any atom is -0.444 e. The van der Waals surface area contributed by atoms with Crippen molar-refractivity contribution in [2.45, 2.75) is 44.7 Å². The number of hydrogen-bond acceptors (Lipinski definition) is 6. The number of nitrogens with zero attached hydrogens (tertiary/aromatic N) is 3. The van der Waals surface area contributed by atoms with E-state index in [1.165, 1.54) is 73.7 Å². The highest BCUT2D eigenvalue weighted by Crippen LogP contribution is 2.29. The number of carbonyl (C=O) groups excluding carboxylic acids is 2. The number of aromatic nitrogens is 2. The van der Waals surface area contributed by atoms with Crippen LogP contribution in [0.15, 0.2) is 59.8 Å². The normalized spacial score (nSPS) is 11.8. The quantitative estimate of drug-likeness (QED) is 0.375. The van der Waals surface area contributed by atoms with E-state index in [4.69, 9.17) is 4.74 Å². The Morgan fingerprint density at radius 2 is 1.85 bits per heavy atom. The third-order valence-electron chi connectivity index (χ3n) is 4.80. The molecule has 34 heavy (non-hydrogen) atoms. The third kappa shape index (κ3) is 5.51. The molecule has 0 saturated heterocycles. The van der Waals surface area contributed by atoms with Crippen molar-refractivity contribution in [1.82, 2.24) is 13.9 Å². The molecule has 0 aliphatic rings. The first kappa shape index (κ1) is 25.1. The van der Waals surface area contributed by atoms with E-state index >= 15 is 0 Å². The number of pyridine rings is 1. The summed E-state index contributed by atoms with van der Waals surface area (Å²) in [5.74, 6) is -1.13. The predicted molar refractivity (Wildman–Crippen MR) is 124 cm³/mol.